The van der Waals surface area contributed by atoms with Crippen LogP contribution >= 0.6 is 0 Å². The maximum absolute atomic E-state index is 12.9. The van der Waals surface area contributed by atoms with E-state index in [0.717, 1.165) is 5.56 Å². The number of benzene rings is 2. The smallest absolute Gasteiger partial charge is 0.241 e. The topological polar surface area (TPSA) is 103 Å². The highest BCUT2D eigenvalue weighted by atomic mass is 32.2. The van der Waals surface area contributed by atoms with E-state index in [4.69, 9.17) is 14.2 Å². The number of methoxy groups -OCH3 is 1. The van der Waals surface area contributed by atoms with Gasteiger partial charge in [0.25, 0.3) is 0 Å². The first-order valence-corrected chi connectivity index (χ1v) is 11.1. The Hall–Kier alpha value is -2.78. The van der Waals surface area contributed by atoms with Gasteiger partial charge in [0.1, 0.15) is 11.8 Å². The van der Waals surface area contributed by atoms with Gasteiger partial charge in [0.2, 0.25) is 22.7 Å². The first kappa shape index (κ1) is 21.9. The molecule has 0 aliphatic carbocycles. The van der Waals surface area contributed by atoms with Gasteiger partial charge in [0.15, 0.2) is 11.5 Å². The van der Waals surface area contributed by atoms with Crippen LogP contribution in [-0.2, 0) is 14.8 Å². The first-order chi connectivity index (χ1) is 14.2. The number of carbonyl (C=O) groups excluding carboxylic acids is 1. The largest absolute Gasteiger partial charge is 0.497 e. The Labute approximate surface area is 176 Å². The molecule has 0 unspecified atom stereocenters. The van der Waals surface area contributed by atoms with Crippen LogP contribution in [0.25, 0.3) is 0 Å². The number of carbonyl (C=O) groups is 1. The zero-order valence-corrected chi connectivity index (χ0v) is 18.2. The highest BCUT2D eigenvalue weighted by Crippen LogP contribution is 2.34. The zero-order valence-electron chi connectivity index (χ0n) is 17.3. The van der Waals surface area contributed by atoms with Crippen molar-refractivity contribution in [2.45, 2.75) is 37.8 Å². The summed E-state index contributed by atoms with van der Waals surface area (Å²) in [6, 6.07) is 10.1. The molecule has 2 aromatic carbocycles. The highest BCUT2D eigenvalue weighted by Gasteiger charge is 2.29. The second-order valence-corrected chi connectivity index (χ2v) is 9.08. The molecule has 1 aliphatic rings. The summed E-state index contributed by atoms with van der Waals surface area (Å²) < 4.78 is 43.8. The number of hydrogen-bond acceptors (Lipinski definition) is 6. The quantitative estimate of drug-likeness (QED) is 0.662. The van der Waals surface area contributed by atoms with Crippen molar-refractivity contribution in [1.82, 2.24) is 10.0 Å². The molecule has 30 heavy (non-hydrogen) atoms. The number of sulfonamides is 1. The van der Waals surface area contributed by atoms with Crippen LogP contribution < -0.4 is 24.2 Å². The van der Waals surface area contributed by atoms with E-state index < -0.39 is 22.0 Å². The Morgan fingerprint density at radius 2 is 1.70 bits per heavy atom. The Bertz CT molecular complexity index is 1000. The molecule has 0 radical (unpaired) electrons. The summed E-state index contributed by atoms with van der Waals surface area (Å²) in [4.78, 5) is 13.0. The molecule has 2 N–H and O–H groups in total. The number of rotatable bonds is 8. The summed E-state index contributed by atoms with van der Waals surface area (Å²) in [7, 11) is -2.38. The molecule has 0 saturated carbocycles. The van der Waals surface area contributed by atoms with Gasteiger partial charge in [-0.3, -0.25) is 4.79 Å². The number of ether oxygens (including phenoxy) is 3. The van der Waals surface area contributed by atoms with Crippen molar-refractivity contribution < 1.29 is 27.4 Å². The van der Waals surface area contributed by atoms with Gasteiger partial charge < -0.3 is 19.5 Å². The molecule has 0 fully saturated rings. The molecular weight excluding hydrogens is 408 g/mol. The van der Waals surface area contributed by atoms with Crippen LogP contribution in [0.4, 0.5) is 0 Å². The van der Waals surface area contributed by atoms with Crippen molar-refractivity contribution in [1.29, 1.82) is 0 Å². The van der Waals surface area contributed by atoms with Gasteiger partial charge in [0.05, 0.1) is 18.0 Å². The molecule has 0 saturated heterocycles. The predicted molar refractivity (Wildman–Crippen MR) is 111 cm³/mol. The van der Waals surface area contributed by atoms with Gasteiger partial charge in [-0.1, -0.05) is 19.9 Å². The molecule has 162 valence electrons. The van der Waals surface area contributed by atoms with E-state index in [1.807, 2.05) is 13.0 Å². The van der Waals surface area contributed by atoms with Crippen LogP contribution in [0.2, 0.25) is 0 Å². The van der Waals surface area contributed by atoms with Crippen LogP contribution in [0.1, 0.15) is 32.4 Å². The minimum absolute atomic E-state index is 0.0607. The lowest BCUT2D eigenvalue weighted by Gasteiger charge is -2.24. The van der Waals surface area contributed by atoms with Crippen molar-refractivity contribution in [2.24, 2.45) is 5.92 Å². The van der Waals surface area contributed by atoms with Gasteiger partial charge in [-0.15, -0.1) is 0 Å². The van der Waals surface area contributed by atoms with Crippen LogP contribution in [0.3, 0.4) is 0 Å². The van der Waals surface area contributed by atoms with Gasteiger partial charge in [-0.2, -0.15) is 4.72 Å². The summed E-state index contributed by atoms with van der Waals surface area (Å²) in [6.45, 7) is 5.56. The van der Waals surface area contributed by atoms with E-state index in [9.17, 15) is 13.2 Å². The average Bonchev–Trinajstić information content (AvgIpc) is 3.19. The van der Waals surface area contributed by atoms with Crippen molar-refractivity contribution >= 4 is 15.9 Å². The lowest BCUT2D eigenvalue weighted by atomic mass is 10.0. The Kier molecular flexibility index (Phi) is 6.52. The summed E-state index contributed by atoms with van der Waals surface area (Å²) in [5.41, 5.74) is 0.827. The average molecular weight is 435 g/mol. The van der Waals surface area contributed by atoms with E-state index in [1.165, 1.54) is 19.2 Å². The fourth-order valence-electron chi connectivity index (χ4n) is 3.05. The van der Waals surface area contributed by atoms with E-state index in [-0.39, 0.29) is 23.6 Å². The van der Waals surface area contributed by atoms with Crippen molar-refractivity contribution in [2.75, 3.05) is 13.9 Å². The zero-order chi connectivity index (χ0) is 21.9. The third kappa shape index (κ3) is 4.85. The Balaban J connectivity index is 1.72. The summed E-state index contributed by atoms with van der Waals surface area (Å²) in [5, 5.41) is 2.88. The standard InChI is InChI=1S/C21H26N2O6S/c1-13(2)20(23-30(25,26)17-8-6-16(27-4)7-9-17)21(24)22-14(3)15-5-10-18-19(11-15)29-12-28-18/h5-11,13-14,20,23H,12H2,1-4H3,(H,22,24)/t14-,20+/m0/s1. The predicted octanol–water partition coefficient (Wildman–Crippen LogP) is 2.60. The molecule has 1 amide bonds. The molecule has 9 heteroatoms. The molecular formula is C21H26N2O6S. The molecule has 0 aromatic heterocycles. The second-order valence-electron chi connectivity index (χ2n) is 7.36. The van der Waals surface area contributed by atoms with Crippen molar-refractivity contribution in [3.05, 3.63) is 48.0 Å². The van der Waals surface area contributed by atoms with Crippen LogP contribution in [-0.4, -0.2) is 34.3 Å². The van der Waals surface area contributed by atoms with E-state index in [2.05, 4.69) is 10.0 Å². The van der Waals surface area contributed by atoms with Crippen molar-refractivity contribution in [3.8, 4) is 17.2 Å². The SMILES string of the molecule is COc1ccc(S(=O)(=O)N[C@@H](C(=O)N[C@@H](C)c2ccc3c(c2)OCO3)C(C)C)cc1. The molecule has 1 heterocycles. The van der Waals surface area contributed by atoms with E-state index >= 15 is 0 Å². The third-order valence-electron chi connectivity index (χ3n) is 4.86. The minimum atomic E-state index is -3.89. The number of fused-ring (bicyclic) bond motifs is 1. The second kappa shape index (κ2) is 8.93. The van der Waals surface area contributed by atoms with Crippen LogP contribution in [0.5, 0.6) is 17.2 Å². The molecule has 0 bridgehead atoms. The normalized spacial score (nSPS) is 15.0. The molecule has 2 aromatic rings. The number of nitrogens with one attached hydrogen (secondary N) is 2. The maximum atomic E-state index is 12.9. The molecule has 3 rings (SSSR count). The fraction of sp³-hybridized carbons (Fsp3) is 0.381. The van der Waals surface area contributed by atoms with Gasteiger partial charge in [0, 0.05) is 0 Å². The summed E-state index contributed by atoms with van der Waals surface area (Å²) in [5.74, 6) is 1.15. The maximum Gasteiger partial charge on any atom is 0.241 e. The van der Waals surface area contributed by atoms with Gasteiger partial charge in [-0.05, 0) is 54.8 Å². The highest BCUT2D eigenvalue weighted by molar-refractivity contribution is 7.89. The molecule has 1 aliphatic heterocycles. The van der Waals surface area contributed by atoms with Crippen LogP contribution in [0, 0.1) is 5.92 Å². The van der Waals surface area contributed by atoms with Gasteiger partial charge in [-0.25, -0.2) is 8.42 Å². The van der Waals surface area contributed by atoms with Crippen molar-refractivity contribution in [3.63, 3.8) is 0 Å². The molecule has 8 nitrogen and oxygen atoms in total. The lowest BCUT2D eigenvalue weighted by Crippen LogP contribution is -2.50. The number of amides is 1. The molecule has 2 atom stereocenters. The Morgan fingerprint density at radius 3 is 2.33 bits per heavy atom. The first-order valence-electron chi connectivity index (χ1n) is 9.57. The fourth-order valence-corrected chi connectivity index (χ4v) is 4.40. The summed E-state index contributed by atoms with van der Waals surface area (Å²) >= 11 is 0. The monoisotopic (exact) mass is 434 g/mol. The van der Waals surface area contributed by atoms with E-state index in [1.54, 1.807) is 38.1 Å². The van der Waals surface area contributed by atoms with Gasteiger partial charge >= 0.3 is 0 Å². The number of hydrogen-bond donors (Lipinski definition) is 2. The lowest BCUT2D eigenvalue weighted by molar-refractivity contribution is -0.124. The van der Waals surface area contributed by atoms with Crippen LogP contribution in [0.15, 0.2) is 47.4 Å². The minimum Gasteiger partial charge on any atom is -0.497 e. The summed E-state index contributed by atoms with van der Waals surface area (Å²) in [6.07, 6.45) is 0. The van der Waals surface area contributed by atoms with E-state index in [0.29, 0.717) is 17.2 Å². The Morgan fingerprint density at radius 1 is 1.03 bits per heavy atom. The third-order valence-corrected chi connectivity index (χ3v) is 6.31. The molecule has 0 spiro atoms.